The lowest BCUT2D eigenvalue weighted by atomic mass is 9.73. The lowest BCUT2D eigenvalue weighted by Gasteiger charge is -2.36. The summed E-state index contributed by atoms with van der Waals surface area (Å²) < 4.78 is 4.03. The molecule has 0 unspecified atom stereocenters. The van der Waals surface area contributed by atoms with Crippen LogP contribution in [-0.4, -0.2) is 32.1 Å². The molecule has 20 heavy (non-hydrogen) atoms. The molecule has 5 rings (SSSR count). The van der Waals surface area contributed by atoms with Crippen LogP contribution in [0.5, 0.6) is 0 Å². The zero-order chi connectivity index (χ0) is 14.4. The van der Waals surface area contributed by atoms with E-state index < -0.39 is 14.1 Å². The van der Waals surface area contributed by atoms with E-state index in [0.29, 0.717) is 0 Å². The molecule has 0 spiro atoms. The SMILES string of the molecule is O=C1[C@@H]2[C@@H]3O[C@@H]3[C@H]1[C@@H]1[C@@H]2[C@]2(Cl)C(Cl)=C(Cl)[C@]1(Cl)C2(Cl)Cl. The largest absolute Gasteiger partial charge is 0.368 e. The standard InChI is InChI=1S/C12H6Cl6O2/c13-8-9(14)11(16)4-2-5(19)1(6-7(2)20-6)3(4)10(8,15)12(11,17)18/h1-4,6-7H/t1-,2+,3-,4-,6+,7-,10+,11+/m1/s1. The third-order valence-corrected chi connectivity index (χ3v) is 10.0. The second-order valence-corrected chi connectivity index (χ2v) is 9.47. The third kappa shape index (κ3) is 0.953. The molecule has 1 saturated heterocycles. The highest BCUT2D eigenvalue weighted by Gasteiger charge is 2.91. The van der Waals surface area contributed by atoms with E-state index in [0.717, 1.165) is 0 Å². The summed E-state index contributed by atoms with van der Waals surface area (Å²) in [6, 6.07) is 0. The predicted molar refractivity (Wildman–Crippen MR) is 78.0 cm³/mol. The van der Waals surface area contributed by atoms with E-state index in [9.17, 15) is 4.79 Å². The molecule has 0 amide bonds. The molecule has 5 aliphatic rings. The Hall–Kier alpha value is 1.11. The zero-order valence-corrected chi connectivity index (χ0v) is 14.1. The number of rotatable bonds is 0. The van der Waals surface area contributed by atoms with Crippen LogP contribution in [0.25, 0.3) is 0 Å². The summed E-state index contributed by atoms with van der Waals surface area (Å²) in [5.41, 5.74) is 0. The number of halogens is 6. The van der Waals surface area contributed by atoms with Gasteiger partial charge >= 0.3 is 0 Å². The molecule has 8 heteroatoms. The maximum atomic E-state index is 12.5. The number of epoxide rings is 1. The number of ketones is 1. The number of fused-ring (bicyclic) bond motifs is 12. The van der Waals surface area contributed by atoms with Crippen molar-refractivity contribution in [1.82, 2.24) is 0 Å². The average Bonchev–Trinajstić information content (AvgIpc) is 3.01. The molecule has 2 nitrogen and oxygen atoms in total. The number of allylic oxidation sites excluding steroid dienone is 2. The van der Waals surface area contributed by atoms with Crippen molar-refractivity contribution in [2.24, 2.45) is 23.7 Å². The molecule has 0 N–H and O–H groups in total. The minimum atomic E-state index is -1.54. The first-order chi connectivity index (χ1) is 9.20. The second-order valence-electron chi connectivity index (χ2n) is 6.20. The first kappa shape index (κ1) is 13.5. The van der Waals surface area contributed by atoms with Gasteiger partial charge in [-0.15, -0.1) is 23.2 Å². The maximum absolute atomic E-state index is 12.5. The molecule has 0 aromatic rings. The van der Waals surface area contributed by atoms with Crippen molar-refractivity contribution < 1.29 is 9.53 Å². The number of carbonyl (C=O) groups is 1. The monoisotopic (exact) mass is 392 g/mol. The van der Waals surface area contributed by atoms with Crippen molar-refractivity contribution in [2.75, 3.05) is 0 Å². The Labute approximate surface area is 144 Å². The van der Waals surface area contributed by atoms with Gasteiger partial charge in [0.2, 0.25) is 0 Å². The summed E-state index contributed by atoms with van der Waals surface area (Å²) in [5, 5.41) is 0.333. The van der Waals surface area contributed by atoms with Crippen LogP contribution in [0.2, 0.25) is 0 Å². The Balaban J connectivity index is 1.82. The van der Waals surface area contributed by atoms with Gasteiger partial charge in [0.25, 0.3) is 0 Å². The lowest BCUT2D eigenvalue weighted by Crippen LogP contribution is -2.47. The van der Waals surface area contributed by atoms with Crippen molar-refractivity contribution in [3.05, 3.63) is 10.1 Å². The number of alkyl halides is 4. The summed E-state index contributed by atoms with van der Waals surface area (Å²) >= 11 is 39.1. The van der Waals surface area contributed by atoms with E-state index in [2.05, 4.69) is 0 Å². The Morgan fingerprint density at radius 3 is 1.65 bits per heavy atom. The summed E-state index contributed by atoms with van der Waals surface area (Å²) in [4.78, 5) is 9.81. The maximum Gasteiger partial charge on any atom is 0.166 e. The van der Waals surface area contributed by atoms with E-state index in [1.807, 2.05) is 0 Å². The van der Waals surface area contributed by atoms with Crippen molar-refractivity contribution in [3.8, 4) is 0 Å². The molecule has 4 bridgehead atoms. The molecule has 0 radical (unpaired) electrons. The van der Waals surface area contributed by atoms with Crippen LogP contribution in [0, 0.1) is 23.7 Å². The minimum Gasteiger partial charge on any atom is -0.368 e. The fourth-order valence-electron chi connectivity index (χ4n) is 5.03. The number of hydrogen-bond acceptors (Lipinski definition) is 2. The molecular formula is C12H6Cl6O2. The number of hydrogen-bond donors (Lipinski definition) is 0. The van der Waals surface area contributed by atoms with E-state index in [1.54, 1.807) is 0 Å². The summed E-state index contributed by atoms with van der Waals surface area (Å²) in [7, 11) is 0. The van der Waals surface area contributed by atoms with Gasteiger partial charge in [0.1, 0.15) is 15.5 Å². The van der Waals surface area contributed by atoms with E-state index in [4.69, 9.17) is 74.3 Å². The fraction of sp³-hybridized carbons (Fsp3) is 0.750. The van der Waals surface area contributed by atoms with Crippen LogP contribution in [-0.2, 0) is 9.53 Å². The topological polar surface area (TPSA) is 29.6 Å². The fourth-order valence-corrected chi connectivity index (χ4v) is 8.11. The molecular weight excluding hydrogens is 389 g/mol. The highest BCUT2D eigenvalue weighted by molar-refractivity contribution is 6.65. The number of carbonyl (C=O) groups excluding carboxylic acids is 1. The van der Waals surface area contributed by atoms with Crippen LogP contribution < -0.4 is 0 Å². The minimum absolute atomic E-state index is 0.0867. The molecule has 4 fully saturated rings. The van der Waals surface area contributed by atoms with E-state index in [-0.39, 0.29) is 51.7 Å². The third-order valence-electron chi connectivity index (χ3n) is 5.75. The normalized spacial score (nSPS) is 64.0. The Morgan fingerprint density at radius 1 is 0.850 bits per heavy atom. The summed E-state index contributed by atoms with van der Waals surface area (Å²) in [6.45, 7) is 0. The van der Waals surface area contributed by atoms with E-state index >= 15 is 0 Å². The zero-order valence-electron chi connectivity index (χ0n) is 9.55. The van der Waals surface area contributed by atoms with Gasteiger partial charge in [0.15, 0.2) is 4.33 Å². The molecule has 8 atom stereocenters. The van der Waals surface area contributed by atoms with Crippen LogP contribution in [0.15, 0.2) is 10.1 Å². The van der Waals surface area contributed by atoms with E-state index in [1.165, 1.54) is 0 Å². The predicted octanol–water partition coefficient (Wildman–Crippen LogP) is 3.66. The van der Waals surface area contributed by atoms with Gasteiger partial charge in [-0.2, -0.15) is 0 Å². The lowest BCUT2D eigenvalue weighted by molar-refractivity contribution is -0.125. The highest BCUT2D eigenvalue weighted by Crippen LogP contribution is 2.83. The second kappa shape index (κ2) is 3.31. The first-order valence-corrected chi connectivity index (χ1v) is 8.48. The first-order valence-electron chi connectivity index (χ1n) is 6.21. The van der Waals surface area contributed by atoms with Crippen LogP contribution in [0.4, 0.5) is 0 Å². The van der Waals surface area contributed by atoms with Crippen LogP contribution in [0.1, 0.15) is 0 Å². The molecule has 1 aliphatic heterocycles. The number of ether oxygens (including phenoxy) is 1. The van der Waals surface area contributed by atoms with Gasteiger partial charge in [-0.25, -0.2) is 0 Å². The highest BCUT2D eigenvalue weighted by atomic mass is 35.5. The van der Waals surface area contributed by atoms with Gasteiger partial charge in [-0.3, -0.25) is 4.79 Å². The van der Waals surface area contributed by atoms with Gasteiger partial charge < -0.3 is 4.74 Å². The number of Topliss-reactive ketones (excluding diaryl/α,β-unsaturated/α-hetero) is 1. The van der Waals surface area contributed by atoms with Gasteiger partial charge in [0.05, 0.1) is 34.1 Å². The molecule has 3 saturated carbocycles. The smallest absolute Gasteiger partial charge is 0.166 e. The Bertz CT molecular complexity index is 583. The molecule has 108 valence electrons. The van der Waals surface area contributed by atoms with Crippen molar-refractivity contribution >= 4 is 75.4 Å². The molecule has 1 heterocycles. The summed E-state index contributed by atoms with van der Waals surface area (Å²) in [5.74, 6) is -1.18. The van der Waals surface area contributed by atoms with Gasteiger partial charge in [-0.05, 0) is 0 Å². The molecule has 0 aromatic heterocycles. The Morgan fingerprint density at radius 2 is 1.25 bits per heavy atom. The van der Waals surface area contributed by atoms with Crippen molar-refractivity contribution in [2.45, 2.75) is 26.3 Å². The van der Waals surface area contributed by atoms with Crippen molar-refractivity contribution in [1.29, 1.82) is 0 Å². The van der Waals surface area contributed by atoms with Gasteiger partial charge in [-0.1, -0.05) is 46.4 Å². The van der Waals surface area contributed by atoms with Crippen LogP contribution in [0.3, 0.4) is 0 Å². The summed E-state index contributed by atoms with van der Waals surface area (Å²) in [6.07, 6.45) is -0.173. The quantitative estimate of drug-likeness (QED) is 0.356. The molecule has 0 aromatic carbocycles. The average molecular weight is 395 g/mol. The van der Waals surface area contributed by atoms with Gasteiger partial charge in [0, 0.05) is 11.8 Å². The van der Waals surface area contributed by atoms with Crippen LogP contribution >= 0.6 is 69.6 Å². The molecule has 4 aliphatic carbocycles. The Kier molecular flexibility index (Phi) is 2.24. The van der Waals surface area contributed by atoms with Crippen molar-refractivity contribution in [3.63, 3.8) is 0 Å².